The molecule has 62 valence electrons. The summed E-state index contributed by atoms with van der Waals surface area (Å²) in [6.07, 6.45) is 4.21. The molecular formula is C7H11NOS2. The Morgan fingerprint density at radius 2 is 2.64 bits per heavy atom. The van der Waals surface area contributed by atoms with E-state index in [0.717, 1.165) is 10.8 Å². The Balaban J connectivity index is 2.31. The van der Waals surface area contributed by atoms with E-state index in [0.29, 0.717) is 6.42 Å². The van der Waals surface area contributed by atoms with Crippen LogP contribution in [0.25, 0.3) is 0 Å². The highest BCUT2D eigenvalue weighted by Gasteiger charge is 2.05. The molecule has 4 heteroatoms. The number of hydrogen-bond acceptors (Lipinski definition) is 4. The fraction of sp³-hybridized carbons (Fsp3) is 0.571. The molecule has 1 aromatic rings. The average Bonchev–Trinajstić information content (AvgIpc) is 2.40. The van der Waals surface area contributed by atoms with Crippen LogP contribution in [0, 0.1) is 0 Å². The molecule has 1 unspecified atom stereocenters. The molecular weight excluding hydrogens is 178 g/mol. The molecule has 0 amide bonds. The summed E-state index contributed by atoms with van der Waals surface area (Å²) in [5.41, 5.74) is 0. The Bertz CT molecular complexity index is 188. The standard InChI is InChI=1S/C7H11NOS2/c1-10-5-6(9)4-7-8-2-3-11-7/h2-3,6,9H,4-5H2,1H3. The largest absolute Gasteiger partial charge is 0.392 e. The quantitative estimate of drug-likeness (QED) is 0.777. The molecule has 0 saturated heterocycles. The van der Waals surface area contributed by atoms with Gasteiger partial charge in [-0.15, -0.1) is 11.3 Å². The van der Waals surface area contributed by atoms with Crippen LogP contribution in [-0.4, -0.2) is 28.2 Å². The highest BCUT2D eigenvalue weighted by atomic mass is 32.2. The molecule has 0 bridgehead atoms. The van der Waals surface area contributed by atoms with Crippen molar-refractivity contribution in [2.75, 3.05) is 12.0 Å². The second kappa shape index (κ2) is 4.74. The van der Waals surface area contributed by atoms with E-state index in [4.69, 9.17) is 0 Å². The third kappa shape index (κ3) is 3.22. The summed E-state index contributed by atoms with van der Waals surface area (Å²) < 4.78 is 0. The highest BCUT2D eigenvalue weighted by molar-refractivity contribution is 7.98. The van der Waals surface area contributed by atoms with Gasteiger partial charge in [-0.1, -0.05) is 0 Å². The van der Waals surface area contributed by atoms with E-state index in [1.807, 2.05) is 11.6 Å². The number of hydrogen-bond donors (Lipinski definition) is 1. The van der Waals surface area contributed by atoms with Crippen LogP contribution >= 0.6 is 23.1 Å². The Kier molecular flexibility index (Phi) is 3.90. The Morgan fingerprint density at radius 3 is 3.18 bits per heavy atom. The van der Waals surface area contributed by atoms with Crippen LogP contribution in [0.5, 0.6) is 0 Å². The second-order valence-electron chi connectivity index (χ2n) is 2.24. The molecule has 0 aliphatic carbocycles. The summed E-state index contributed by atoms with van der Waals surface area (Å²) in [4.78, 5) is 4.09. The predicted molar refractivity (Wildman–Crippen MR) is 50.2 cm³/mol. The molecule has 0 aliphatic heterocycles. The maximum Gasteiger partial charge on any atom is 0.0950 e. The Morgan fingerprint density at radius 1 is 1.82 bits per heavy atom. The van der Waals surface area contributed by atoms with Gasteiger partial charge in [0.1, 0.15) is 0 Å². The number of aromatic nitrogens is 1. The van der Waals surface area contributed by atoms with Gasteiger partial charge >= 0.3 is 0 Å². The lowest BCUT2D eigenvalue weighted by Crippen LogP contribution is -2.12. The van der Waals surface area contributed by atoms with E-state index < -0.39 is 0 Å². The maximum atomic E-state index is 9.37. The zero-order valence-corrected chi connectivity index (χ0v) is 7.99. The summed E-state index contributed by atoms with van der Waals surface area (Å²) >= 11 is 3.26. The topological polar surface area (TPSA) is 33.1 Å². The molecule has 0 radical (unpaired) electrons. The molecule has 0 aromatic carbocycles. The van der Waals surface area contributed by atoms with Crippen LogP contribution in [0.15, 0.2) is 11.6 Å². The fourth-order valence-corrected chi connectivity index (χ4v) is 2.00. The number of rotatable bonds is 4. The van der Waals surface area contributed by atoms with E-state index in [1.165, 1.54) is 0 Å². The summed E-state index contributed by atoms with van der Waals surface area (Å²) in [6.45, 7) is 0. The molecule has 0 fully saturated rings. The first-order chi connectivity index (χ1) is 5.33. The van der Waals surface area contributed by atoms with Crippen LogP contribution in [-0.2, 0) is 6.42 Å². The minimum absolute atomic E-state index is 0.240. The van der Waals surface area contributed by atoms with Crippen LogP contribution in [0.4, 0.5) is 0 Å². The van der Waals surface area contributed by atoms with Gasteiger partial charge in [0.2, 0.25) is 0 Å². The van der Waals surface area contributed by atoms with Crippen LogP contribution in [0.2, 0.25) is 0 Å². The molecule has 2 nitrogen and oxygen atoms in total. The smallest absolute Gasteiger partial charge is 0.0950 e. The second-order valence-corrected chi connectivity index (χ2v) is 4.13. The molecule has 11 heavy (non-hydrogen) atoms. The number of nitrogens with zero attached hydrogens (tertiary/aromatic N) is 1. The lowest BCUT2D eigenvalue weighted by Gasteiger charge is -2.04. The van der Waals surface area contributed by atoms with Crippen molar-refractivity contribution in [2.24, 2.45) is 0 Å². The van der Waals surface area contributed by atoms with E-state index >= 15 is 0 Å². The van der Waals surface area contributed by atoms with Gasteiger partial charge in [0.05, 0.1) is 11.1 Å². The van der Waals surface area contributed by atoms with Gasteiger partial charge in [-0.25, -0.2) is 4.98 Å². The van der Waals surface area contributed by atoms with Gasteiger partial charge in [-0.2, -0.15) is 11.8 Å². The van der Waals surface area contributed by atoms with Gasteiger partial charge in [-0.05, 0) is 6.26 Å². The summed E-state index contributed by atoms with van der Waals surface area (Å²) in [6, 6.07) is 0. The molecule has 0 spiro atoms. The van der Waals surface area contributed by atoms with Crippen molar-refractivity contribution >= 4 is 23.1 Å². The number of thiazole rings is 1. The first-order valence-corrected chi connectivity index (χ1v) is 5.65. The van der Waals surface area contributed by atoms with E-state index in [-0.39, 0.29) is 6.10 Å². The van der Waals surface area contributed by atoms with Crippen molar-refractivity contribution in [3.8, 4) is 0 Å². The molecule has 1 N–H and O–H groups in total. The zero-order chi connectivity index (χ0) is 8.10. The Hall–Kier alpha value is -0.0600. The summed E-state index contributed by atoms with van der Waals surface area (Å²) in [7, 11) is 0. The zero-order valence-electron chi connectivity index (χ0n) is 6.36. The monoisotopic (exact) mass is 189 g/mol. The van der Waals surface area contributed by atoms with Gasteiger partial charge in [0, 0.05) is 23.8 Å². The van der Waals surface area contributed by atoms with E-state index in [9.17, 15) is 5.11 Å². The van der Waals surface area contributed by atoms with Crippen molar-refractivity contribution in [1.82, 2.24) is 4.98 Å². The first-order valence-electron chi connectivity index (χ1n) is 3.38. The number of aliphatic hydroxyl groups is 1. The minimum Gasteiger partial charge on any atom is -0.392 e. The molecule has 1 heterocycles. The summed E-state index contributed by atoms with van der Waals surface area (Å²) in [5.74, 6) is 0.791. The molecule has 1 atom stereocenters. The number of aliphatic hydroxyl groups excluding tert-OH is 1. The van der Waals surface area contributed by atoms with Crippen molar-refractivity contribution in [3.05, 3.63) is 16.6 Å². The number of thioether (sulfide) groups is 1. The predicted octanol–water partition coefficient (Wildman–Crippen LogP) is 1.41. The van der Waals surface area contributed by atoms with E-state index in [2.05, 4.69) is 4.98 Å². The van der Waals surface area contributed by atoms with Crippen LogP contribution in [0.3, 0.4) is 0 Å². The highest BCUT2D eigenvalue weighted by Crippen LogP contribution is 2.09. The molecule has 1 aromatic heterocycles. The van der Waals surface area contributed by atoms with Crippen molar-refractivity contribution in [1.29, 1.82) is 0 Å². The molecule has 1 rings (SSSR count). The van der Waals surface area contributed by atoms with Crippen LogP contribution in [0.1, 0.15) is 5.01 Å². The molecule has 0 aliphatic rings. The van der Waals surface area contributed by atoms with Gasteiger partial charge < -0.3 is 5.11 Å². The maximum absolute atomic E-state index is 9.37. The van der Waals surface area contributed by atoms with Gasteiger partial charge in [0.15, 0.2) is 0 Å². The summed E-state index contributed by atoms with van der Waals surface area (Å²) in [5, 5.41) is 12.3. The van der Waals surface area contributed by atoms with Crippen LogP contribution < -0.4 is 0 Å². The van der Waals surface area contributed by atoms with Gasteiger partial charge in [0.25, 0.3) is 0 Å². The SMILES string of the molecule is CSCC(O)Cc1nccs1. The lowest BCUT2D eigenvalue weighted by molar-refractivity contribution is 0.200. The van der Waals surface area contributed by atoms with E-state index in [1.54, 1.807) is 29.3 Å². The van der Waals surface area contributed by atoms with Crippen molar-refractivity contribution < 1.29 is 5.11 Å². The van der Waals surface area contributed by atoms with Crippen molar-refractivity contribution in [2.45, 2.75) is 12.5 Å². The minimum atomic E-state index is -0.240. The van der Waals surface area contributed by atoms with Crippen molar-refractivity contribution in [3.63, 3.8) is 0 Å². The normalized spacial score (nSPS) is 13.3. The third-order valence-corrected chi connectivity index (χ3v) is 2.77. The third-order valence-electron chi connectivity index (χ3n) is 1.25. The first kappa shape index (κ1) is 9.03. The lowest BCUT2D eigenvalue weighted by atomic mass is 10.3. The fourth-order valence-electron chi connectivity index (χ4n) is 0.807. The Labute approximate surface area is 74.7 Å². The average molecular weight is 189 g/mol. The molecule has 0 saturated carbocycles. The van der Waals surface area contributed by atoms with Gasteiger partial charge in [-0.3, -0.25) is 0 Å².